The van der Waals surface area contributed by atoms with Crippen LogP contribution in [-0.4, -0.2) is 54.1 Å². The molecule has 1 aromatic carbocycles. The Morgan fingerprint density at radius 2 is 1.80 bits per heavy atom. The lowest BCUT2D eigenvalue weighted by molar-refractivity contribution is -0.118. The monoisotopic (exact) mass is 456 g/mol. The molecule has 0 unspecified atom stereocenters. The van der Waals surface area contributed by atoms with Crippen LogP contribution in [0.1, 0.15) is 46.5 Å². The molecule has 2 N–H and O–H groups in total. The number of aliphatic hydroxyl groups is 2. The summed E-state index contributed by atoms with van der Waals surface area (Å²) >= 11 is 12.5. The molecule has 0 aliphatic rings. The van der Waals surface area contributed by atoms with E-state index in [4.69, 9.17) is 23.2 Å². The standard InChI is InChI=1S/C23H34Cl2N2O3/c1-5-27(20-11-8-10-19(24)22(20)25)16-15-26(4)14-7-6-9-18(28)12-13-21(29)23(30)17(2)3/h8,10-11,13,29-30H,5-7,9,12,14-16H2,1-4H3/b21-13+. The van der Waals surface area contributed by atoms with Gasteiger partial charge in [0.2, 0.25) is 0 Å². The number of halogens is 2. The van der Waals surface area contributed by atoms with Gasteiger partial charge in [-0.05, 0) is 71.0 Å². The van der Waals surface area contributed by atoms with Crippen LogP contribution in [0.2, 0.25) is 10.0 Å². The second-order valence-electron chi connectivity index (χ2n) is 7.59. The van der Waals surface area contributed by atoms with E-state index in [0.717, 1.165) is 44.7 Å². The van der Waals surface area contributed by atoms with Gasteiger partial charge in [0, 0.05) is 32.5 Å². The van der Waals surface area contributed by atoms with E-state index in [1.54, 1.807) is 19.9 Å². The van der Waals surface area contributed by atoms with Gasteiger partial charge in [0.05, 0.1) is 15.7 Å². The van der Waals surface area contributed by atoms with Gasteiger partial charge in [-0.3, -0.25) is 4.79 Å². The van der Waals surface area contributed by atoms with Gasteiger partial charge in [0.1, 0.15) is 5.78 Å². The molecule has 0 aliphatic carbocycles. The first-order chi connectivity index (χ1) is 14.2. The first-order valence-electron chi connectivity index (χ1n) is 10.3. The van der Waals surface area contributed by atoms with E-state index in [1.807, 2.05) is 12.1 Å². The topological polar surface area (TPSA) is 64.0 Å². The molecular formula is C23H34Cl2N2O3. The Labute approximate surface area is 190 Å². The highest BCUT2D eigenvalue weighted by molar-refractivity contribution is 6.43. The normalized spacial score (nSPS) is 11.6. The third-order valence-electron chi connectivity index (χ3n) is 4.89. The molecular weight excluding hydrogens is 423 g/mol. The maximum atomic E-state index is 12.0. The first-order valence-corrected chi connectivity index (χ1v) is 11.1. The molecule has 0 aliphatic heterocycles. The molecule has 1 aromatic rings. The molecule has 0 amide bonds. The fraction of sp³-hybridized carbons (Fsp3) is 0.522. The van der Waals surface area contributed by atoms with Crippen molar-refractivity contribution in [3.8, 4) is 0 Å². The van der Waals surface area contributed by atoms with Gasteiger partial charge in [0.25, 0.3) is 0 Å². The zero-order valence-electron chi connectivity index (χ0n) is 18.4. The first kappa shape index (κ1) is 26.3. The van der Waals surface area contributed by atoms with Crippen LogP contribution in [0.5, 0.6) is 0 Å². The van der Waals surface area contributed by atoms with E-state index in [2.05, 4.69) is 23.8 Å². The van der Waals surface area contributed by atoms with Gasteiger partial charge < -0.3 is 20.0 Å². The van der Waals surface area contributed by atoms with Gasteiger partial charge in [-0.1, -0.05) is 29.3 Å². The smallest absolute Gasteiger partial charge is 0.155 e. The Bertz CT molecular complexity index is 759. The fourth-order valence-electron chi connectivity index (χ4n) is 2.96. The number of rotatable bonds is 13. The van der Waals surface area contributed by atoms with E-state index in [1.165, 1.54) is 6.08 Å². The number of anilines is 1. The lowest BCUT2D eigenvalue weighted by Crippen LogP contribution is -2.33. The summed E-state index contributed by atoms with van der Waals surface area (Å²) in [5.41, 5.74) is 1.56. The number of benzene rings is 1. The summed E-state index contributed by atoms with van der Waals surface area (Å²) in [6.45, 7) is 8.93. The van der Waals surface area contributed by atoms with E-state index < -0.39 is 0 Å². The Morgan fingerprint density at radius 1 is 1.10 bits per heavy atom. The second-order valence-corrected chi connectivity index (χ2v) is 8.38. The SMILES string of the molecule is CCN(CCN(C)CCCCC(=O)C/C=C(/O)C(O)=C(C)C)c1cccc(Cl)c1Cl. The third-order valence-corrected chi connectivity index (χ3v) is 5.70. The Morgan fingerprint density at radius 3 is 2.43 bits per heavy atom. The predicted octanol–water partition coefficient (Wildman–Crippen LogP) is 6.17. The van der Waals surface area contributed by atoms with E-state index in [9.17, 15) is 15.0 Å². The Balaban J connectivity index is 2.34. The van der Waals surface area contributed by atoms with Crippen molar-refractivity contribution in [2.75, 3.05) is 38.1 Å². The van der Waals surface area contributed by atoms with Crippen LogP contribution in [0.15, 0.2) is 41.4 Å². The molecule has 168 valence electrons. The summed E-state index contributed by atoms with van der Waals surface area (Å²) in [6, 6.07) is 5.67. The molecule has 0 bridgehead atoms. The van der Waals surface area contributed by atoms with Crippen molar-refractivity contribution in [2.45, 2.75) is 46.5 Å². The quantitative estimate of drug-likeness (QED) is 0.211. The summed E-state index contributed by atoms with van der Waals surface area (Å²) in [7, 11) is 2.07. The highest BCUT2D eigenvalue weighted by Crippen LogP contribution is 2.32. The van der Waals surface area contributed by atoms with Crippen LogP contribution in [0.25, 0.3) is 0 Å². The number of ketones is 1. The molecule has 0 fully saturated rings. The average Bonchev–Trinajstić information content (AvgIpc) is 2.71. The molecule has 0 atom stereocenters. The molecule has 0 radical (unpaired) electrons. The molecule has 0 saturated heterocycles. The van der Waals surface area contributed by atoms with Crippen molar-refractivity contribution in [2.24, 2.45) is 0 Å². The van der Waals surface area contributed by atoms with Gasteiger partial charge in [-0.25, -0.2) is 0 Å². The van der Waals surface area contributed by atoms with Crippen molar-refractivity contribution in [1.82, 2.24) is 4.90 Å². The van der Waals surface area contributed by atoms with Gasteiger partial charge in [-0.2, -0.15) is 0 Å². The summed E-state index contributed by atoms with van der Waals surface area (Å²) in [5.74, 6) is -0.341. The Hall–Kier alpha value is -1.69. The highest BCUT2D eigenvalue weighted by atomic mass is 35.5. The van der Waals surface area contributed by atoms with Crippen LogP contribution >= 0.6 is 23.2 Å². The molecule has 0 saturated carbocycles. The van der Waals surface area contributed by atoms with E-state index in [0.29, 0.717) is 22.0 Å². The van der Waals surface area contributed by atoms with E-state index >= 15 is 0 Å². The second kappa shape index (κ2) is 13.6. The largest absolute Gasteiger partial charge is 0.504 e. The fourth-order valence-corrected chi connectivity index (χ4v) is 3.37. The number of unbranched alkanes of at least 4 members (excludes halogenated alkanes) is 1. The molecule has 7 heteroatoms. The molecule has 30 heavy (non-hydrogen) atoms. The number of aliphatic hydroxyl groups excluding tert-OH is 2. The van der Waals surface area contributed by atoms with Gasteiger partial charge >= 0.3 is 0 Å². The molecule has 1 rings (SSSR count). The molecule has 0 heterocycles. The zero-order chi connectivity index (χ0) is 22.7. The number of carbonyl (C=O) groups excluding carboxylic acids is 1. The maximum Gasteiger partial charge on any atom is 0.155 e. The minimum Gasteiger partial charge on any atom is -0.504 e. The summed E-state index contributed by atoms with van der Waals surface area (Å²) in [5, 5.41) is 20.5. The van der Waals surface area contributed by atoms with Crippen molar-refractivity contribution < 1.29 is 15.0 Å². The van der Waals surface area contributed by atoms with Crippen molar-refractivity contribution >= 4 is 34.7 Å². The van der Waals surface area contributed by atoms with Crippen LogP contribution in [0, 0.1) is 0 Å². The van der Waals surface area contributed by atoms with E-state index in [-0.39, 0.29) is 23.7 Å². The predicted molar refractivity (Wildman–Crippen MR) is 127 cm³/mol. The van der Waals surface area contributed by atoms with Gasteiger partial charge in [-0.15, -0.1) is 0 Å². The van der Waals surface area contributed by atoms with Crippen LogP contribution in [0.4, 0.5) is 5.69 Å². The number of allylic oxidation sites excluding steroid dienone is 2. The van der Waals surface area contributed by atoms with Crippen LogP contribution in [-0.2, 0) is 4.79 Å². The average molecular weight is 457 g/mol. The number of hydrogen-bond acceptors (Lipinski definition) is 5. The number of Topliss-reactive ketones (excluding diaryl/α,β-unsaturated/α-hetero) is 1. The third kappa shape index (κ3) is 8.99. The highest BCUT2D eigenvalue weighted by Gasteiger charge is 2.12. The number of carbonyl (C=O) groups is 1. The van der Waals surface area contributed by atoms with Crippen molar-refractivity contribution in [3.63, 3.8) is 0 Å². The number of hydrogen-bond donors (Lipinski definition) is 2. The number of likely N-dealkylation sites (N-methyl/N-ethyl adjacent to an activating group) is 2. The molecule has 0 spiro atoms. The van der Waals surface area contributed by atoms with Gasteiger partial charge in [0.15, 0.2) is 11.5 Å². The molecule has 0 aromatic heterocycles. The summed E-state index contributed by atoms with van der Waals surface area (Å²) in [6.07, 6.45) is 3.68. The lowest BCUT2D eigenvalue weighted by Gasteiger charge is -2.27. The van der Waals surface area contributed by atoms with Crippen LogP contribution < -0.4 is 4.90 Å². The van der Waals surface area contributed by atoms with Crippen molar-refractivity contribution in [1.29, 1.82) is 0 Å². The minimum absolute atomic E-state index is 0.0542. The summed E-state index contributed by atoms with van der Waals surface area (Å²) < 4.78 is 0. The van der Waals surface area contributed by atoms with Crippen LogP contribution in [0.3, 0.4) is 0 Å². The lowest BCUT2D eigenvalue weighted by atomic mass is 10.1. The zero-order valence-corrected chi connectivity index (χ0v) is 19.9. The number of nitrogens with zero attached hydrogens (tertiary/aromatic N) is 2. The van der Waals surface area contributed by atoms with Crippen molar-refractivity contribution in [3.05, 3.63) is 51.4 Å². The Kier molecular flexibility index (Phi) is 11.9. The summed E-state index contributed by atoms with van der Waals surface area (Å²) in [4.78, 5) is 16.4. The molecule has 5 nitrogen and oxygen atoms in total. The maximum absolute atomic E-state index is 12.0. The minimum atomic E-state index is -0.233.